The van der Waals surface area contributed by atoms with Crippen molar-refractivity contribution in [3.05, 3.63) is 35.4 Å². The van der Waals surface area contributed by atoms with E-state index in [1.807, 2.05) is 0 Å². The molecule has 15 heavy (non-hydrogen) atoms. The second-order valence-electron chi connectivity index (χ2n) is 4.09. The van der Waals surface area contributed by atoms with Gasteiger partial charge >= 0.3 is 0 Å². The van der Waals surface area contributed by atoms with Crippen LogP contribution in [0.2, 0.25) is 0 Å². The molecule has 0 saturated heterocycles. The molecule has 0 aromatic heterocycles. The van der Waals surface area contributed by atoms with E-state index in [9.17, 15) is 0 Å². The smallest absolute Gasteiger partial charge is 0.0621 e. The Morgan fingerprint density at radius 2 is 1.93 bits per heavy atom. The van der Waals surface area contributed by atoms with Crippen LogP contribution in [0.15, 0.2) is 24.3 Å². The minimum atomic E-state index is 0.500. The summed E-state index contributed by atoms with van der Waals surface area (Å²) in [5.74, 6) is 0.500. The van der Waals surface area contributed by atoms with Gasteiger partial charge in [0.25, 0.3) is 0 Å². The van der Waals surface area contributed by atoms with Crippen molar-refractivity contribution in [3.63, 3.8) is 0 Å². The highest BCUT2D eigenvalue weighted by Gasteiger charge is 2.04. The van der Waals surface area contributed by atoms with Gasteiger partial charge in [0.1, 0.15) is 0 Å². The van der Waals surface area contributed by atoms with Gasteiger partial charge in [-0.3, -0.25) is 0 Å². The van der Waals surface area contributed by atoms with Gasteiger partial charge < -0.3 is 0 Å². The summed E-state index contributed by atoms with van der Waals surface area (Å²) < 4.78 is 0. The van der Waals surface area contributed by atoms with Crippen molar-refractivity contribution < 1.29 is 0 Å². The highest BCUT2D eigenvalue weighted by molar-refractivity contribution is 5.25. The minimum Gasteiger partial charge on any atom is -0.198 e. The first-order valence-corrected chi connectivity index (χ1v) is 5.73. The van der Waals surface area contributed by atoms with Crippen LogP contribution in [0.1, 0.15) is 50.2 Å². The number of hydrogen-bond acceptors (Lipinski definition) is 1. The van der Waals surface area contributed by atoms with Gasteiger partial charge in [-0.1, -0.05) is 44.5 Å². The summed E-state index contributed by atoms with van der Waals surface area (Å²) in [6.07, 6.45) is 3.97. The number of aryl methyl sites for hydroxylation is 1. The summed E-state index contributed by atoms with van der Waals surface area (Å²) in [6, 6.07) is 11.0. The summed E-state index contributed by atoms with van der Waals surface area (Å²) in [4.78, 5) is 0. The Bertz CT molecular complexity index is 318. The van der Waals surface area contributed by atoms with Crippen molar-refractivity contribution in [1.29, 1.82) is 5.26 Å². The summed E-state index contributed by atoms with van der Waals surface area (Å²) in [6.45, 7) is 4.38. The Kier molecular flexibility index (Phi) is 4.90. The normalized spacial score (nSPS) is 12.1. The maximum Gasteiger partial charge on any atom is 0.0621 e. The van der Waals surface area contributed by atoms with Gasteiger partial charge in [0.15, 0.2) is 0 Å². The molecule has 0 heterocycles. The van der Waals surface area contributed by atoms with Crippen LogP contribution >= 0.6 is 0 Å². The average Bonchev–Trinajstić information content (AvgIpc) is 2.27. The molecular weight excluding hydrogens is 182 g/mol. The van der Waals surface area contributed by atoms with Gasteiger partial charge in [0.05, 0.1) is 6.07 Å². The van der Waals surface area contributed by atoms with Crippen LogP contribution in [-0.2, 0) is 6.42 Å². The lowest BCUT2D eigenvalue weighted by molar-refractivity contribution is 0.695. The molecule has 80 valence electrons. The first-order chi connectivity index (χ1) is 7.27. The van der Waals surface area contributed by atoms with E-state index in [0.717, 1.165) is 12.8 Å². The first kappa shape index (κ1) is 11.8. The Balaban J connectivity index is 2.59. The SMILES string of the molecule is CCCc1ccc(C(C)CCC#N)cc1. The van der Waals surface area contributed by atoms with Gasteiger partial charge in [-0.15, -0.1) is 0 Å². The zero-order valence-electron chi connectivity index (χ0n) is 9.66. The molecule has 1 heteroatoms. The van der Waals surface area contributed by atoms with Gasteiger partial charge in [-0.05, 0) is 29.9 Å². The monoisotopic (exact) mass is 201 g/mol. The third-order valence-corrected chi connectivity index (χ3v) is 2.78. The number of hydrogen-bond donors (Lipinski definition) is 0. The number of nitriles is 1. The van der Waals surface area contributed by atoms with E-state index in [4.69, 9.17) is 5.26 Å². The molecule has 0 saturated carbocycles. The summed E-state index contributed by atoms with van der Waals surface area (Å²) in [7, 11) is 0. The van der Waals surface area contributed by atoms with Crippen molar-refractivity contribution in [3.8, 4) is 6.07 Å². The lowest BCUT2D eigenvalue weighted by atomic mass is 9.95. The maximum absolute atomic E-state index is 8.53. The van der Waals surface area contributed by atoms with Crippen LogP contribution in [0.5, 0.6) is 0 Å². The van der Waals surface area contributed by atoms with Crippen molar-refractivity contribution in [2.75, 3.05) is 0 Å². The highest BCUT2D eigenvalue weighted by atomic mass is 14.2. The Labute approximate surface area is 92.7 Å². The number of rotatable bonds is 5. The second kappa shape index (κ2) is 6.24. The Morgan fingerprint density at radius 1 is 1.27 bits per heavy atom. The van der Waals surface area contributed by atoms with E-state index in [1.165, 1.54) is 17.5 Å². The van der Waals surface area contributed by atoms with Crippen molar-refractivity contribution in [2.45, 2.75) is 45.4 Å². The molecule has 0 radical (unpaired) electrons. The zero-order valence-corrected chi connectivity index (χ0v) is 9.66. The predicted octanol–water partition coefficient (Wildman–Crippen LogP) is 4.05. The van der Waals surface area contributed by atoms with Crippen LogP contribution in [0, 0.1) is 11.3 Å². The van der Waals surface area contributed by atoms with Crippen LogP contribution in [0.3, 0.4) is 0 Å². The molecule has 1 aromatic carbocycles. The fourth-order valence-electron chi connectivity index (χ4n) is 1.75. The third kappa shape index (κ3) is 3.75. The summed E-state index contributed by atoms with van der Waals surface area (Å²) in [5.41, 5.74) is 2.76. The summed E-state index contributed by atoms with van der Waals surface area (Å²) >= 11 is 0. The van der Waals surface area contributed by atoms with E-state index in [-0.39, 0.29) is 0 Å². The van der Waals surface area contributed by atoms with Gasteiger partial charge in [0, 0.05) is 6.42 Å². The lowest BCUT2D eigenvalue weighted by Crippen LogP contribution is -1.93. The largest absolute Gasteiger partial charge is 0.198 e. The molecule has 0 bridgehead atoms. The molecule has 0 amide bonds. The first-order valence-electron chi connectivity index (χ1n) is 5.73. The zero-order chi connectivity index (χ0) is 11.1. The van der Waals surface area contributed by atoms with Gasteiger partial charge in [0.2, 0.25) is 0 Å². The fraction of sp³-hybridized carbons (Fsp3) is 0.500. The average molecular weight is 201 g/mol. The predicted molar refractivity (Wildman–Crippen MR) is 63.7 cm³/mol. The minimum absolute atomic E-state index is 0.500. The standard InChI is InChI=1S/C14H19N/c1-3-5-13-7-9-14(10-8-13)12(2)6-4-11-15/h7-10,12H,3-6H2,1-2H3. The molecule has 1 nitrogen and oxygen atoms in total. The molecule has 0 aliphatic carbocycles. The van der Waals surface area contributed by atoms with E-state index in [0.29, 0.717) is 12.3 Å². The van der Waals surface area contributed by atoms with E-state index in [2.05, 4.69) is 44.2 Å². The highest BCUT2D eigenvalue weighted by Crippen LogP contribution is 2.20. The maximum atomic E-state index is 8.53. The van der Waals surface area contributed by atoms with Crippen LogP contribution in [0.25, 0.3) is 0 Å². The van der Waals surface area contributed by atoms with Crippen LogP contribution in [-0.4, -0.2) is 0 Å². The molecular formula is C14H19N. The molecule has 1 unspecified atom stereocenters. The van der Waals surface area contributed by atoms with Crippen LogP contribution < -0.4 is 0 Å². The van der Waals surface area contributed by atoms with Crippen molar-refractivity contribution in [1.82, 2.24) is 0 Å². The fourth-order valence-corrected chi connectivity index (χ4v) is 1.75. The second-order valence-corrected chi connectivity index (χ2v) is 4.09. The molecule has 0 aliphatic heterocycles. The number of benzene rings is 1. The van der Waals surface area contributed by atoms with Crippen molar-refractivity contribution >= 4 is 0 Å². The van der Waals surface area contributed by atoms with Crippen LogP contribution in [0.4, 0.5) is 0 Å². The van der Waals surface area contributed by atoms with E-state index >= 15 is 0 Å². The van der Waals surface area contributed by atoms with Crippen molar-refractivity contribution in [2.24, 2.45) is 0 Å². The molecule has 0 spiro atoms. The van der Waals surface area contributed by atoms with E-state index in [1.54, 1.807) is 0 Å². The lowest BCUT2D eigenvalue weighted by Gasteiger charge is -2.10. The molecule has 0 fully saturated rings. The quantitative estimate of drug-likeness (QED) is 0.705. The Morgan fingerprint density at radius 3 is 2.47 bits per heavy atom. The topological polar surface area (TPSA) is 23.8 Å². The molecule has 1 aromatic rings. The summed E-state index contributed by atoms with van der Waals surface area (Å²) in [5, 5.41) is 8.53. The van der Waals surface area contributed by atoms with Gasteiger partial charge in [-0.2, -0.15) is 5.26 Å². The third-order valence-electron chi connectivity index (χ3n) is 2.78. The molecule has 0 aliphatic rings. The number of nitrogens with zero attached hydrogens (tertiary/aromatic N) is 1. The van der Waals surface area contributed by atoms with Gasteiger partial charge in [-0.25, -0.2) is 0 Å². The Hall–Kier alpha value is -1.29. The molecule has 0 N–H and O–H groups in total. The molecule has 1 rings (SSSR count). The molecule has 1 atom stereocenters. The van der Waals surface area contributed by atoms with E-state index < -0.39 is 0 Å².